The van der Waals surface area contributed by atoms with E-state index in [1.165, 1.54) is 15.3 Å². The molecule has 9 heterocycles. The first-order valence-corrected chi connectivity index (χ1v) is 21.5. The van der Waals surface area contributed by atoms with Crippen molar-refractivity contribution in [2.24, 2.45) is 13.0 Å². The number of anilines is 2. The number of imide groups is 1. The van der Waals surface area contributed by atoms with Crippen LogP contribution in [-0.2, 0) is 21.4 Å². The average molecular weight is 849 g/mol. The number of pyridine rings is 1. The Kier molecular flexibility index (Phi) is 9.26. The van der Waals surface area contributed by atoms with E-state index in [4.69, 9.17) is 14.8 Å². The van der Waals surface area contributed by atoms with E-state index >= 15 is 8.78 Å². The summed E-state index contributed by atoms with van der Waals surface area (Å²) < 4.78 is 44.4. The molecule has 4 saturated heterocycles. The number of aromatic nitrogens is 8. The highest BCUT2D eigenvalue weighted by Gasteiger charge is 2.47. The lowest BCUT2D eigenvalue weighted by Crippen LogP contribution is -2.49. The molecule has 2 bridgehead atoms. The van der Waals surface area contributed by atoms with Gasteiger partial charge < -0.3 is 15.0 Å². The molecule has 5 aliphatic rings. The molecule has 5 fully saturated rings. The van der Waals surface area contributed by atoms with Gasteiger partial charge in [0.1, 0.15) is 28.8 Å². The van der Waals surface area contributed by atoms with Crippen molar-refractivity contribution in [1.82, 2.24) is 48.7 Å². The minimum absolute atomic E-state index is 0.0986. The fraction of sp³-hybridized carbons (Fsp3) is 0.488. The smallest absolute Gasteiger partial charge is 0.329 e. The number of rotatable bonds is 8. The number of imidazole rings is 1. The third-order valence-corrected chi connectivity index (χ3v) is 13.9. The maximum Gasteiger partial charge on any atom is 0.329 e. The summed E-state index contributed by atoms with van der Waals surface area (Å²) in [5, 5.41) is 15.2. The molecule has 4 aliphatic heterocycles. The van der Waals surface area contributed by atoms with Gasteiger partial charge in [-0.15, -0.1) is 0 Å². The Labute approximate surface area is 353 Å². The van der Waals surface area contributed by atoms with E-state index in [9.17, 15) is 19.2 Å². The number of hydrogen-bond acceptors (Lipinski definition) is 11. The number of amides is 3. The first-order valence-electron chi connectivity index (χ1n) is 21.5. The molecule has 0 spiro atoms. The Morgan fingerprint density at radius 3 is 2.68 bits per heavy atom. The first-order chi connectivity index (χ1) is 30.0. The van der Waals surface area contributed by atoms with Gasteiger partial charge in [-0.3, -0.25) is 38.4 Å². The maximum atomic E-state index is 16.2. The fourth-order valence-electron chi connectivity index (χ4n) is 10.7. The van der Waals surface area contributed by atoms with E-state index in [1.54, 1.807) is 36.0 Å². The molecule has 2 N–H and O–H groups in total. The zero-order valence-electron chi connectivity index (χ0n) is 34.1. The van der Waals surface area contributed by atoms with E-state index in [-0.39, 0.29) is 49.8 Å². The van der Waals surface area contributed by atoms with Crippen LogP contribution in [0.25, 0.3) is 27.6 Å². The van der Waals surface area contributed by atoms with Gasteiger partial charge in [0.15, 0.2) is 5.65 Å². The minimum Gasteiger partial charge on any atom is -0.374 e. The van der Waals surface area contributed by atoms with Gasteiger partial charge in [-0.2, -0.15) is 10.2 Å². The number of hydrogen-bond donors (Lipinski definition) is 2. The molecule has 19 heteroatoms. The number of nitrogens with one attached hydrogen (secondary N) is 2. The molecule has 1 aromatic carbocycles. The highest BCUT2D eigenvalue weighted by atomic mass is 19.3. The number of aryl methyl sites for hydroxylation is 1. The molecular weight excluding hydrogens is 803 g/mol. The SMILES string of the molecule is Cn1c(=O)n(C2CCC(=O)NC2=O)c2cccc(C3CCN(CC4CCC(n5cc6cc(NC(=O)c7cnn8ccc(N9C[C@H]%10C[C@@H]9CO%10)nc78)ncc6n5)CC4)CC3(F)F)c21. The van der Waals surface area contributed by atoms with Gasteiger partial charge in [-0.1, -0.05) is 12.1 Å². The van der Waals surface area contributed by atoms with Gasteiger partial charge in [0.05, 0.1) is 60.7 Å². The lowest BCUT2D eigenvalue weighted by Gasteiger charge is -2.41. The number of fused-ring (bicyclic) bond motifs is 5. The molecule has 17 nitrogen and oxygen atoms in total. The molecule has 6 aromatic rings. The molecule has 1 aliphatic carbocycles. The van der Waals surface area contributed by atoms with Crippen molar-refractivity contribution in [2.75, 3.05) is 43.0 Å². The predicted molar refractivity (Wildman–Crippen MR) is 222 cm³/mol. The predicted octanol–water partition coefficient (Wildman–Crippen LogP) is 4.19. The number of piperidine rings is 2. The Balaban J connectivity index is 0.717. The summed E-state index contributed by atoms with van der Waals surface area (Å²) in [5.74, 6) is -4.00. The van der Waals surface area contributed by atoms with Crippen LogP contribution in [0.5, 0.6) is 0 Å². The average Bonchev–Trinajstić information content (AvgIpc) is 4.10. The zero-order valence-corrected chi connectivity index (χ0v) is 34.1. The number of halogens is 2. The maximum absolute atomic E-state index is 16.2. The first kappa shape index (κ1) is 38.8. The van der Waals surface area contributed by atoms with Crippen molar-refractivity contribution in [3.8, 4) is 0 Å². The molecular formula is C43H46F2N12O5. The summed E-state index contributed by atoms with van der Waals surface area (Å²) >= 11 is 0. The Morgan fingerprint density at radius 2 is 1.90 bits per heavy atom. The molecule has 322 valence electrons. The van der Waals surface area contributed by atoms with Gasteiger partial charge >= 0.3 is 5.69 Å². The molecule has 3 amide bonds. The summed E-state index contributed by atoms with van der Waals surface area (Å²) in [5.41, 5.74) is 2.27. The third kappa shape index (κ3) is 6.63. The van der Waals surface area contributed by atoms with Crippen molar-refractivity contribution in [3.63, 3.8) is 0 Å². The van der Waals surface area contributed by atoms with Gasteiger partial charge in [0, 0.05) is 44.3 Å². The van der Waals surface area contributed by atoms with E-state index < -0.39 is 35.4 Å². The van der Waals surface area contributed by atoms with Crippen molar-refractivity contribution in [2.45, 2.75) is 87.4 Å². The number of para-hydroxylation sites is 1. The molecule has 2 unspecified atom stereocenters. The Hall–Kier alpha value is -6.08. The van der Waals surface area contributed by atoms with Crippen molar-refractivity contribution in [1.29, 1.82) is 0 Å². The highest BCUT2D eigenvalue weighted by Crippen LogP contribution is 2.44. The van der Waals surface area contributed by atoms with Gasteiger partial charge in [0.2, 0.25) is 11.8 Å². The summed E-state index contributed by atoms with van der Waals surface area (Å²) in [6, 6.07) is 8.30. The Morgan fingerprint density at radius 1 is 1.05 bits per heavy atom. The molecule has 1 saturated carbocycles. The molecule has 4 atom stereocenters. The fourth-order valence-corrected chi connectivity index (χ4v) is 10.7. The van der Waals surface area contributed by atoms with Crippen LogP contribution in [-0.4, -0.2) is 112 Å². The molecule has 5 aromatic heterocycles. The van der Waals surface area contributed by atoms with Crippen LogP contribution in [0.2, 0.25) is 0 Å². The van der Waals surface area contributed by atoms with E-state index in [0.29, 0.717) is 64.9 Å². The van der Waals surface area contributed by atoms with E-state index in [2.05, 4.69) is 25.6 Å². The summed E-state index contributed by atoms with van der Waals surface area (Å²) in [6.07, 6.45) is 12.1. The summed E-state index contributed by atoms with van der Waals surface area (Å²) in [6.45, 7) is 2.16. The van der Waals surface area contributed by atoms with E-state index in [1.807, 2.05) is 34.1 Å². The van der Waals surface area contributed by atoms with Gasteiger partial charge in [0.25, 0.3) is 11.8 Å². The van der Waals surface area contributed by atoms with Crippen LogP contribution in [0.4, 0.5) is 20.4 Å². The monoisotopic (exact) mass is 848 g/mol. The lowest BCUT2D eigenvalue weighted by atomic mass is 9.83. The van der Waals surface area contributed by atoms with Crippen LogP contribution in [0.3, 0.4) is 0 Å². The van der Waals surface area contributed by atoms with Gasteiger partial charge in [-0.25, -0.2) is 28.1 Å². The third-order valence-electron chi connectivity index (χ3n) is 13.9. The quantitative estimate of drug-likeness (QED) is 0.210. The normalized spacial score (nSPS) is 26.5. The number of alkyl halides is 2. The van der Waals surface area contributed by atoms with Crippen molar-refractivity contribution in [3.05, 3.63) is 76.7 Å². The number of carbonyl (C=O) groups excluding carboxylic acids is 3. The molecule has 62 heavy (non-hydrogen) atoms. The zero-order chi connectivity index (χ0) is 42.4. The topological polar surface area (TPSA) is 179 Å². The van der Waals surface area contributed by atoms with Crippen LogP contribution in [0, 0.1) is 5.92 Å². The molecule has 0 radical (unpaired) electrons. The number of ether oxygens (including phenoxy) is 1. The number of nitrogens with zero attached hydrogens (tertiary/aromatic N) is 10. The van der Waals surface area contributed by atoms with Crippen LogP contribution >= 0.6 is 0 Å². The highest BCUT2D eigenvalue weighted by molar-refractivity contribution is 6.08. The molecule has 11 rings (SSSR count). The second kappa shape index (κ2) is 14.8. The minimum atomic E-state index is -3.05. The Bertz CT molecular complexity index is 2840. The summed E-state index contributed by atoms with van der Waals surface area (Å²) in [4.78, 5) is 64.8. The standard InChI is InChI=1S/C43H46F2N12O5/c1-52-38-29(3-2-4-33(38)57(42(52)61)34-9-10-37(58)50-41(34)60)31-11-13-53(23-43(31,44)45)19-24-5-7-26(8-6-24)56-20-25-15-35(46-18-32(25)51-56)48-40(59)30-17-47-55-14-12-36(49-39(30)55)54-21-28-16-27(54)22-62-28/h2-4,12,14-15,17-18,20,24,26-28,31,34H,5-11,13,16,19,21-23H2,1H3,(H,48,59)(H,50,58,60)/t24?,26?,27-,28-,31?,34?/m1/s1. The van der Waals surface area contributed by atoms with E-state index in [0.717, 1.165) is 49.9 Å². The van der Waals surface area contributed by atoms with Crippen LogP contribution < -0.4 is 21.2 Å². The number of carbonyl (C=O) groups is 3. The number of morpholine rings is 1. The van der Waals surface area contributed by atoms with Gasteiger partial charge in [-0.05, 0) is 81.2 Å². The number of benzene rings is 1. The lowest BCUT2D eigenvalue weighted by molar-refractivity contribution is -0.135. The van der Waals surface area contributed by atoms with Crippen LogP contribution in [0.15, 0.2) is 59.9 Å². The largest absolute Gasteiger partial charge is 0.374 e. The van der Waals surface area contributed by atoms with Crippen molar-refractivity contribution < 1.29 is 27.9 Å². The van der Waals surface area contributed by atoms with Crippen molar-refractivity contribution >= 4 is 56.9 Å². The second-order valence-electron chi connectivity index (χ2n) is 17.7. The summed E-state index contributed by atoms with van der Waals surface area (Å²) in [7, 11) is 1.55. The number of likely N-dealkylation sites (tertiary alicyclic amines) is 1. The second-order valence-corrected chi connectivity index (χ2v) is 17.7. The van der Waals surface area contributed by atoms with Crippen LogP contribution in [0.1, 0.15) is 85.3 Å².